The second kappa shape index (κ2) is 6.58. The van der Waals surface area contributed by atoms with E-state index in [1.807, 2.05) is 0 Å². The molecule has 2 aliphatic rings. The first-order valence-electron chi connectivity index (χ1n) is 6.92. The standard InChI is InChI=1S/C13H26N2O/c14-7-3-12-4-8-15(9-5-12)10-6-13-2-1-11-16-13/h12-13H,1-11,14H2. The molecule has 2 aliphatic heterocycles. The van der Waals surface area contributed by atoms with Crippen LogP contribution in [-0.2, 0) is 4.74 Å². The molecule has 1 unspecified atom stereocenters. The van der Waals surface area contributed by atoms with Gasteiger partial charge in [0.1, 0.15) is 0 Å². The van der Waals surface area contributed by atoms with Crippen LogP contribution in [0.15, 0.2) is 0 Å². The Labute approximate surface area is 99.3 Å². The van der Waals surface area contributed by atoms with Gasteiger partial charge >= 0.3 is 0 Å². The van der Waals surface area contributed by atoms with E-state index in [9.17, 15) is 0 Å². The lowest BCUT2D eigenvalue weighted by Crippen LogP contribution is -2.36. The van der Waals surface area contributed by atoms with Crippen molar-refractivity contribution in [1.29, 1.82) is 0 Å². The van der Waals surface area contributed by atoms with Crippen LogP contribution in [-0.4, -0.2) is 43.8 Å². The molecule has 0 saturated carbocycles. The van der Waals surface area contributed by atoms with Crippen molar-refractivity contribution in [2.75, 3.05) is 32.8 Å². The lowest BCUT2D eigenvalue weighted by Gasteiger charge is -2.32. The Bertz CT molecular complexity index is 184. The van der Waals surface area contributed by atoms with E-state index in [0.717, 1.165) is 19.1 Å². The van der Waals surface area contributed by atoms with Gasteiger partial charge in [0.2, 0.25) is 0 Å². The van der Waals surface area contributed by atoms with Crippen molar-refractivity contribution in [1.82, 2.24) is 4.90 Å². The highest BCUT2D eigenvalue weighted by molar-refractivity contribution is 4.74. The quantitative estimate of drug-likeness (QED) is 0.774. The zero-order chi connectivity index (χ0) is 11.2. The zero-order valence-electron chi connectivity index (χ0n) is 10.4. The van der Waals surface area contributed by atoms with Crippen LogP contribution in [0.5, 0.6) is 0 Å². The summed E-state index contributed by atoms with van der Waals surface area (Å²) < 4.78 is 5.66. The molecular formula is C13H26N2O. The van der Waals surface area contributed by atoms with Crippen molar-refractivity contribution in [2.45, 2.75) is 44.6 Å². The Balaban J connectivity index is 1.57. The van der Waals surface area contributed by atoms with Crippen molar-refractivity contribution in [3.8, 4) is 0 Å². The molecule has 0 bridgehead atoms. The third kappa shape index (κ3) is 3.72. The van der Waals surface area contributed by atoms with Gasteiger partial charge in [0.05, 0.1) is 6.10 Å². The Hall–Kier alpha value is -0.120. The molecule has 0 aromatic carbocycles. The van der Waals surface area contributed by atoms with Crippen molar-refractivity contribution < 1.29 is 4.74 Å². The number of ether oxygens (including phenoxy) is 1. The van der Waals surface area contributed by atoms with Crippen LogP contribution in [0.25, 0.3) is 0 Å². The third-order valence-corrected chi connectivity index (χ3v) is 4.07. The second-order valence-corrected chi connectivity index (χ2v) is 5.29. The lowest BCUT2D eigenvalue weighted by molar-refractivity contribution is 0.0847. The zero-order valence-corrected chi connectivity index (χ0v) is 10.4. The van der Waals surface area contributed by atoms with Crippen molar-refractivity contribution in [3.63, 3.8) is 0 Å². The number of hydrogen-bond donors (Lipinski definition) is 1. The first kappa shape index (κ1) is 12.3. The van der Waals surface area contributed by atoms with Crippen molar-refractivity contribution >= 4 is 0 Å². The van der Waals surface area contributed by atoms with Gasteiger partial charge in [-0.3, -0.25) is 0 Å². The average molecular weight is 226 g/mol. The van der Waals surface area contributed by atoms with Gasteiger partial charge in [-0.2, -0.15) is 0 Å². The summed E-state index contributed by atoms with van der Waals surface area (Å²) in [5.41, 5.74) is 5.61. The highest BCUT2D eigenvalue weighted by atomic mass is 16.5. The van der Waals surface area contributed by atoms with Crippen LogP contribution in [0.3, 0.4) is 0 Å². The summed E-state index contributed by atoms with van der Waals surface area (Å²) in [6.07, 6.45) is 8.26. The number of hydrogen-bond acceptors (Lipinski definition) is 3. The number of nitrogens with two attached hydrogens (primary N) is 1. The predicted octanol–water partition coefficient (Wildman–Crippen LogP) is 1.62. The van der Waals surface area contributed by atoms with E-state index in [1.54, 1.807) is 0 Å². The Morgan fingerprint density at radius 2 is 1.94 bits per heavy atom. The molecule has 0 aromatic heterocycles. The maximum atomic E-state index is 5.66. The van der Waals surface area contributed by atoms with Crippen molar-refractivity contribution in [2.24, 2.45) is 11.7 Å². The molecule has 0 aromatic rings. The van der Waals surface area contributed by atoms with E-state index in [4.69, 9.17) is 10.5 Å². The first-order valence-corrected chi connectivity index (χ1v) is 6.92. The number of piperidine rings is 1. The third-order valence-electron chi connectivity index (χ3n) is 4.07. The van der Waals surface area contributed by atoms with E-state index in [-0.39, 0.29) is 0 Å². The van der Waals surface area contributed by atoms with Crippen LogP contribution >= 0.6 is 0 Å². The monoisotopic (exact) mass is 226 g/mol. The molecule has 0 aliphatic carbocycles. The summed E-state index contributed by atoms with van der Waals surface area (Å²) in [7, 11) is 0. The summed E-state index contributed by atoms with van der Waals surface area (Å²) in [4.78, 5) is 2.61. The van der Waals surface area contributed by atoms with Gasteiger partial charge in [-0.1, -0.05) is 0 Å². The van der Waals surface area contributed by atoms with Crippen LogP contribution in [0, 0.1) is 5.92 Å². The van der Waals surface area contributed by atoms with Gasteiger partial charge in [-0.25, -0.2) is 0 Å². The van der Waals surface area contributed by atoms with Crippen LogP contribution in [0.1, 0.15) is 38.5 Å². The Morgan fingerprint density at radius 1 is 1.12 bits per heavy atom. The minimum Gasteiger partial charge on any atom is -0.378 e. The van der Waals surface area contributed by atoms with Gasteiger partial charge in [-0.05, 0) is 64.1 Å². The van der Waals surface area contributed by atoms with E-state index >= 15 is 0 Å². The molecule has 16 heavy (non-hydrogen) atoms. The fourth-order valence-corrected chi connectivity index (χ4v) is 2.93. The molecule has 94 valence electrons. The van der Waals surface area contributed by atoms with Gasteiger partial charge in [-0.15, -0.1) is 0 Å². The average Bonchev–Trinajstić information content (AvgIpc) is 2.82. The molecule has 3 heteroatoms. The highest BCUT2D eigenvalue weighted by Crippen LogP contribution is 2.21. The van der Waals surface area contributed by atoms with Gasteiger partial charge in [0.15, 0.2) is 0 Å². The van der Waals surface area contributed by atoms with E-state index in [1.165, 1.54) is 58.2 Å². The van der Waals surface area contributed by atoms with Crippen LogP contribution < -0.4 is 5.73 Å². The normalized spacial score (nSPS) is 28.7. The van der Waals surface area contributed by atoms with Crippen LogP contribution in [0.2, 0.25) is 0 Å². The minimum absolute atomic E-state index is 0.557. The second-order valence-electron chi connectivity index (χ2n) is 5.29. The van der Waals surface area contributed by atoms with E-state index < -0.39 is 0 Å². The largest absolute Gasteiger partial charge is 0.378 e. The van der Waals surface area contributed by atoms with Gasteiger partial charge < -0.3 is 15.4 Å². The minimum atomic E-state index is 0.557. The summed E-state index contributed by atoms with van der Waals surface area (Å²) in [5, 5.41) is 0. The lowest BCUT2D eigenvalue weighted by atomic mass is 9.93. The molecule has 2 rings (SSSR count). The fourth-order valence-electron chi connectivity index (χ4n) is 2.93. The predicted molar refractivity (Wildman–Crippen MR) is 66.4 cm³/mol. The molecule has 0 spiro atoms. The number of likely N-dealkylation sites (tertiary alicyclic amines) is 1. The molecule has 1 atom stereocenters. The smallest absolute Gasteiger partial charge is 0.0588 e. The number of nitrogens with zero attached hydrogens (tertiary/aromatic N) is 1. The first-order chi connectivity index (χ1) is 7.88. The maximum Gasteiger partial charge on any atom is 0.0588 e. The molecule has 0 radical (unpaired) electrons. The molecule has 0 amide bonds. The summed E-state index contributed by atoms with van der Waals surface area (Å²) >= 11 is 0. The number of rotatable bonds is 5. The van der Waals surface area contributed by atoms with Gasteiger partial charge in [0, 0.05) is 13.2 Å². The summed E-state index contributed by atoms with van der Waals surface area (Å²) in [6, 6.07) is 0. The van der Waals surface area contributed by atoms with Crippen molar-refractivity contribution in [3.05, 3.63) is 0 Å². The topological polar surface area (TPSA) is 38.5 Å². The highest BCUT2D eigenvalue weighted by Gasteiger charge is 2.20. The summed E-state index contributed by atoms with van der Waals surface area (Å²) in [6.45, 7) is 5.64. The molecule has 2 saturated heterocycles. The fraction of sp³-hybridized carbons (Fsp3) is 1.00. The summed E-state index contributed by atoms with van der Waals surface area (Å²) in [5.74, 6) is 0.893. The molecule has 3 nitrogen and oxygen atoms in total. The Morgan fingerprint density at radius 3 is 2.56 bits per heavy atom. The van der Waals surface area contributed by atoms with Gasteiger partial charge in [0.25, 0.3) is 0 Å². The molecular weight excluding hydrogens is 200 g/mol. The Kier molecular flexibility index (Phi) is 5.07. The maximum absolute atomic E-state index is 5.66. The van der Waals surface area contributed by atoms with E-state index in [0.29, 0.717) is 6.10 Å². The van der Waals surface area contributed by atoms with Crippen LogP contribution in [0.4, 0.5) is 0 Å². The molecule has 2 N–H and O–H groups in total. The van der Waals surface area contributed by atoms with E-state index in [2.05, 4.69) is 4.90 Å². The molecule has 2 heterocycles. The SMILES string of the molecule is NCCC1CCN(CCC2CCCO2)CC1. The molecule has 2 fully saturated rings.